The van der Waals surface area contributed by atoms with E-state index in [1.54, 1.807) is 7.11 Å². The summed E-state index contributed by atoms with van der Waals surface area (Å²) >= 11 is 3.62. The van der Waals surface area contributed by atoms with Gasteiger partial charge in [-0.3, -0.25) is 4.90 Å². The Balaban J connectivity index is 2.04. The van der Waals surface area contributed by atoms with Gasteiger partial charge in [-0.05, 0) is 30.2 Å². The van der Waals surface area contributed by atoms with Crippen LogP contribution in [0.3, 0.4) is 0 Å². The lowest BCUT2D eigenvalue weighted by atomic mass is 10.1. The standard InChI is InChI=1S/C14H21BrN2O/c1-3-12-10-17(7-6-16-12)9-11-8-13(18-2)4-5-14(11)15/h4-5,8,12,16H,3,6-7,9-10H2,1-2H3. The number of benzene rings is 1. The molecule has 0 spiro atoms. The molecule has 1 aliphatic heterocycles. The fraction of sp³-hybridized carbons (Fsp3) is 0.571. The Labute approximate surface area is 118 Å². The van der Waals surface area contributed by atoms with Crippen molar-refractivity contribution in [1.29, 1.82) is 0 Å². The van der Waals surface area contributed by atoms with Crippen molar-refractivity contribution in [1.82, 2.24) is 10.2 Å². The van der Waals surface area contributed by atoms with Gasteiger partial charge in [-0.1, -0.05) is 22.9 Å². The molecular weight excluding hydrogens is 292 g/mol. The third-order valence-corrected chi connectivity index (χ3v) is 4.25. The number of nitrogens with one attached hydrogen (secondary N) is 1. The molecule has 2 rings (SSSR count). The first-order chi connectivity index (χ1) is 8.72. The molecule has 1 heterocycles. The molecule has 0 saturated carbocycles. The van der Waals surface area contributed by atoms with Gasteiger partial charge < -0.3 is 10.1 Å². The van der Waals surface area contributed by atoms with Crippen molar-refractivity contribution < 1.29 is 4.74 Å². The quantitative estimate of drug-likeness (QED) is 0.925. The van der Waals surface area contributed by atoms with Gasteiger partial charge in [0.15, 0.2) is 0 Å². The van der Waals surface area contributed by atoms with Crippen LogP contribution in [0.4, 0.5) is 0 Å². The molecule has 3 nitrogen and oxygen atoms in total. The van der Waals surface area contributed by atoms with Gasteiger partial charge in [0.1, 0.15) is 5.75 Å². The summed E-state index contributed by atoms with van der Waals surface area (Å²) in [6.45, 7) is 6.54. The van der Waals surface area contributed by atoms with E-state index < -0.39 is 0 Å². The zero-order valence-electron chi connectivity index (χ0n) is 11.1. The predicted octanol–water partition coefficient (Wildman–Crippen LogP) is 2.64. The van der Waals surface area contributed by atoms with Crippen LogP contribution in [0.25, 0.3) is 0 Å². The van der Waals surface area contributed by atoms with Gasteiger partial charge in [-0.25, -0.2) is 0 Å². The van der Waals surface area contributed by atoms with Gasteiger partial charge in [0.25, 0.3) is 0 Å². The lowest BCUT2D eigenvalue weighted by Gasteiger charge is -2.33. The summed E-state index contributed by atoms with van der Waals surface area (Å²) < 4.78 is 6.45. The highest BCUT2D eigenvalue weighted by Gasteiger charge is 2.18. The predicted molar refractivity (Wildman–Crippen MR) is 78.1 cm³/mol. The van der Waals surface area contributed by atoms with Gasteiger partial charge in [0.05, 0.1) is 7.11 Å². The van der Waals surface area contributed by atoms with E-state index in [1.807, 2.05) is 6.07 Å². The zero-order chi connectivity index (χ0) is 13.0. The van der Waals surface area contributed by atoms with Crippen molar-refractivity contribution in [3.63, 3.8) is 0 Å². The zero-order valence-corrected chi connectivity index (χ0v) is 12.7. The molecule has 4 heteroatoms. The number of hydrogen-bond donors (Lipinski definition) is 1. The van der Waals surface area contributed by atoms with E-state index in [-0.39, 0.29) is 0 Å². The highest BCUT2D eigenvalue weighted by Crippen LogP contribution is 2.24. The van der Waals surface area contributed by atoms with E-state index in [4.69, 9.17) is 4.74 Å². The minimum atomic E-state index is 0.628. The molecule has 0 aliphatic carbocycles. The molecule has 1 fully saturated rings. The second-order valence-electron chi connectivity index (χ2n) is 4.75. The van der Waals surface area contributed by atoms with Crippen molar-refractivity contribution >= 4 is 15.9 Å². The van der Waals surface area contributed by atoms with E-state index >= 15 is 0 Å². The molecule has 100 valence electrons. The van der Waals surface area contributed by atoms with Crippen LogP contribution in [-0.2, 0) is 6.54 Å². The fourth-order valence-corrected chi connectivity index (χ4v) is 2.72. The summed E-state index contributed by atoms with van der Waals surface area (Å²) in [7, 11) is 1.71. The second kappa shape index (κ2) is 6.55. The molecule has 0 amide bonds. The van der Waals surface area contributed by atoms with E-state index in [0.29, 0.717) is 6.04 Å². The molecule has 1 aliphatic rings. The largest absolute Gasteiger partial charge is 0.497 e. The molecular formula is C14H21BrN2O. The van der Waals surface area contributed by atoms with E-state index in [1.165, 1.54) is 12.0 Å². The number of piperazine rings is 1. The average molecular weight is 313 g/mol. The molecule has 18 heavy (non-hydrogen) atoms. The Hall–Kier alpha value is -0.580. The van der Waals surface area contributed by atoms with Gasteiger partial charge in [0, 0.05) is 36.7 Å². The first-order valence-electron chi connectivity index (χ1n) is 6.51. The molecule has 0 aromatic heterocycles. The molecule has 0 radical (unpaired) electrons. The number of halogens is 1. The summed E-state index contributed by atoms with van der Waals surface area (Å²) in [6, 6.07) is 6.80. The summed E-state index contributed by atoms with van der Waals surface area (Å²) in [4.78, 5) is 2.50. The number of ether oxygens (including phenoxy) is 1. The first-order valence-corrected chi connectivity index (χ1v) is 7.30. The van der Waals surface area contributed by atoms with Gasteiger partial charge >= 0.3 is 0 Å². The number of hydrogen-bond acceptors (Lipinski definition) is 3. The van der Waals surface area contributed by atoms with Crippen LogP contribution >= 0.6 is 15.9 Å². The fourth-order valence-electron chi connectivity index (χ4n) is 2.35. The Bertz CT molecular complexity index is 397. The SMILES string of the molecule is CCC1CN(Cc2cc(OC)ccc2Br)CCN1. The Morgan fingerprint density at radius 2 is 2.33 bits per heavy atom. The van der Waals surface area contributed by atoms with Gasteiger partial charge in [-0.2, -0.15) is 0 Å². The topological polar surface area (TPSA) is 24.5 Å². The van der Waals surface area contributed by atoms with Gasteiger partial charge in [0.2, 0.25) is 0 Å². The molecule has 1 atom stereocenters. The highest BCUT2D eigenvalue weighted by atomic mass is 79.9. The Kier molecular flexibility index (Phi) is 5.03. The van der Waals surface area contributed by atoms with E-state index in [0.717, 1.165) is 36.4 Å². The van der Waals surface area contributed by atoms with Crippen LogP contribution in [0.5, 0.6) is 5.75 Å². The third kappa shape index (κ3) is 3.46. The average Bonchev–Trinajstić information content (AvgIpc) is 2.41. The van der Waals surface area contributed by atoms with Crippen molar-refractivity contribution in [2.75, 3.05) is 26.7 Å². The number of nitrogens with zero attached hydrogens (tertiary/aromatic N) is 1. The monoisotopic (exact) mass is 312 g/mol. The summed E-state index contributed by atoms with van der Waals surface area (Å²) in [6.07, 6.45) is 1.19. The van der Waals surface area contributed by atoms with Crippen molar-refractivity contribution in [2.24, 2.45) is 0 Å². The summed E-state index contributed by atoms with van der Waals surface area (Å²) in [5.41, 5.74) is 1.30. The lowest BCUT2D eigenvalue weighted by Crippen LogP contribution is -2.49. The lowest BCUT2D eigenvalue weighted by molar-refractivity contribution is 0.189. The second-order valence-corrected chi connectivity index (χ2v) is 5.61. The molecule has 1 aromatic carbocycles. The van der Waals surface area contributed by atoms with Crippen molar-refractivity contribution in [3.05, 3.63) is 28.2 Å². The van der Waals surface area contributed by atoms with Crippen LogP contribution in [-0.4, -0.2) is 37.7 Å². The maximum Gasteiger partial charge on any atom is 0.119 e. The third-order valence-electron chi connectivity index (χ3n) is 3.48. The Morgan fingerprint density at radius 1 is 1.50 bits per heavy atom. The van der Waals surface area contributed by atoms with Crippen LogP contribution < -0.4 is 10.1 Å². The molecule has 1 unspecified atom stereocenters. The van der Waals surface area contributed by atoms with E-state index in [2.05, 4.69) is 45.2 Å². The molecule has 1 saturated heterocycles. The summed E-state index contributed by atoms with van der Waals surface area (Å²) in [5, 5.41) is 3.54. The number of methoxy groups -OCH3 is 1. The molecule has 1 N–H and O–H groups in total. The van der Waals surface area contributed by atoms with E-state index in [9.17, 15) is 0 Å². The normalized spacial score (nSPS) is 20.9. The van der Waals surface area contributed by atoms with Crippen molar-refractivity contribution in [2.45, 2.75) is 25.9 Å². The van der Waals surface area contributed by atoms with Crippen LogP contribution in [0.1, 0.15) is 18.9 Å². The first kappa shape index (κ1) is 13.8. The van der Waals surface area contributed by atoms with Crippen LogP contribution in [0, 0.1) is 0 Å². The molecule has 1 aromatic rings. The summed E-state index contributed by atoms with van der Waals surface area (Å²) in [5.74, 6) is 0.926. The number of rotatable bonds is 4. The van der Waals surface area contributed by atoms with Crippen LogP contribution in [0.15, 0.2) is 22.7 Å². The minimum absolute atomic E-state index is 0.628. The Morgan fingerprint density at radius 3 is 3.06 bits per heavy atom. The minimum Gasteiger partial charge on any atom is -0.497 e. The van der Waals surface area contributed by atoms with Crippen molar-refractivity contribution in [3.8, 4) is 5.75 Å². The van der Waals surface area contributed by atoms with Gasteiger partial charge in [-0.15, -0.1) is 0 Å². The maximum absolute atomic E-state index is 5.29. The smallest absolute Gasteiger partial charge is 0.119 e. The van der Waals surface area contributed by atoms with Crippen LogP contribution in [0.2, 0.25) is 0 Å². The maximum atomic E-state index is 5.29. The highest BCUT2D eigenvalue weighted by molar-refractivity contribution is 9.10. The molecule has 0 bridgehead atoms.